The number of rotatable bonds is 2. The standard InChI is InChI=1S/C20H26N2O4/c1-14-12-17-18(26-11-10-25-17)13-16(14)20(24)22-8-6-21(7-9-22)19(23)15-4-2-3-5-15/h12-13,15H,2-11H2,1H3. The number of nitrogens with zero attached hydrogens (tertiary/aromatic N) is 2. The van der Waals surface area contributed by atoms with E-state index in [2.05, 4.69) is 0 Å². The van der Waals surface area contributed by atoms with Gasteiger partial charge in [-0.1, -0.05) is 12.8 Å². The van der Waals surface area contributed by atoms with Crippen molar-refractivity contribution >= 4 is 11.8 Å². The smallest absolute Gasteiger partial charge is 0.254 e. The fraction of sp³-hybridized carbons (Fsp3) is 0.600. The van der Waals surface area contributed by atoms with E-state index in [1.807, 2.05) is 22.8 Å². The molecule has 2 amide bonds. The molecule has 0 N–H and O–H groups in total. The Kier molecular flexibility index (Phi) is 4.74. The first-order valence-electron chi connectivity index (χ1n) is 9.62. The van der Waals surface area contributed by atoms with Gasteiger partial charge in [-0.25, -0.2) is 0 Å². The van der Waals surface area contributed by atoms with Crippen LogP contribution in [-0.4, -0.2) is 61.0 Å². The van der Waals surface area contributed by atoms with E-state index in [-0.39, 0.29) is 17.7 Å². The van der Waals surface area contributed by atoms with Gasteiger partial charge in [0.05, 0.1) is 0 Å². The number of carbonyl (C=O) groups excluding carboxylic acids is 2. The maximum atomic E-state index is 13.0. The van der Waals surface area contributed by atoms with Gasteiger partial charge in [0.25, 0.3) is 5.91 Å². The molecule has 140 valence electrons. The van der Waals surface area contributed by atoms with Crippen LogP contribution in [0.3, 0.4) is 0 Å². The van der Waals surface area contributed by atoms with Crippen LogP contribution >= 0.6 is 0 Å². The third-order valence-corrected chi connectivity index (χ3v) is 5.70. The van der Waals surface area contributed by atoms with Crippen LogP contribution in [0.1, 0.15) is 41.6 Å². The molecular formula is C20H26N2O4. The summed E-state index contributed by atoms with van der Waals surface area (Å²) in [5.41, 5.74) is 1.55. The fourth-order valence-corrected chi connectivity index (χ4v) is 4.15. The molecule has 1 saturated carbocycles. The molecule has 6 nitrogen and oxygen atoms in total. The number of hydrogen-bond donors (Lipinski definition) is 0. The predicted octanol–water partition coefficient (Wildman–Crippen LogP) is 2.24. The summed E-state index contributed by atoms with van der Waals surface area (Å²) in [6, 6.07) is 3.67. The van der Waals surface area contributed by atoms with Crippen LogP contribution in [0.5, 0.6) is 11.5 Å². The molecule has 1 saturated heterocycles. The lowest BCUT2D eigenvalue weighted by molar-refractivity contribution is -0.136. The van der Waals surface area contributed by atoms with Crippen molar-refractivity contribution in [3.8, 4) is 11.5 Å². The van der Waals surface area contributed by atoms with Gasteiger partial charge in [0, 0.05) is 37.7 Å². The Labute approximate surface area is 154 Å². The second-order valence-electron chi connectivity index (χ2n) is 7.41. The fourth-order valence-electron chi connectivity index (χ4n) is 4.15. The van der Waals surface area contributed by atoms with Crippen molar-refractivity contribution in [2.24, 2.45) is 5.92 Å². The van der Waals surface area contributed by atoms with Crippen molar-refractivity contribution in [2.45, 2.75) is 32.6 Å². The molecule has 26 heavy (non-hydrogen) atoms. The second-order valence-corrected chi connectivity index (χ2v) is 7.41. The van der Waals surface area contributed by atoms with E-state index in [9.17, 15) is 9.59 Å². The first-order chi connectivity index (χ1) is 12.6. The van der Waals surface area contributed by atoms with Crippen molar-refractivity contribution in [1.82, 2.24) is 9.80 Å². The number of amides is 2. The molecule has 1 aromatic carbocycles. The van der Waals surface area contributed by atoms with E-state index >= 15 is 0 Å². The van der Waals surface area contributed by atoms with Crippen molar-refractivity contribution in [1.29, 1.82) is 0 Å². The van der Waals surface area contributed by atoms with Crippen molar-refractivity contribution in [3.05, 3.63) is 23.3 Å². The molecule has 2 aliphatic heterocycles. The Bertz CT molecular complexity index is 704. The SMILES string of the molecule is Cc1cc2c(cc1C(=O)N1CCN(C(=O)C3CCCC3)CC1)OCCO2. The molecule has 1 aromatic rings. The summed E-state index contributed by atoms with van der Waals surface area (Å²) in [5.74, 6) is 1.84. The summed E-state index contributed by atoms with van der Waals surface area (Å²) in [6.45, 7) is 5.40. The lowest BCUT2D eigenvalue weighted by atomic mass is 10.0. The van der Waals surface area contributed by atoms with Crippen LogP contribution in [0.2, 0.25) is 0 Å². The number of piperazine rings is 1. The van der Waals surface area contributed by atoms with Crippen molar-refractivity contribution in [3.63, 3.8) is 0 Å². The monoisotopic (exact) mass is 358 g/mol. The Morgan fingerprint density at radius 3 is 2.15 bits per heavy atom. The Morgan fingerprint density at radius 1 is 0.923 bits per heavy atom. The van der Waals surface area contributed by atoms with Crippen molar-refractivity contribution in [2.75, 3.05) is 39.4 Å². The minimum absolute atomic E-state index is 0.00689. The first kappa shape index (κ1) is 17.2. The third-order valence-electron chi connectivity index (χ3n) is 5.70. The van der Waals surface area contributed by atoms with E-state index in [1.54, 1.807) is 6.07 Å². The lowest BCUT2D eigenvalue weighted by Crippen LogP contribution is -2.51. The van der Waals surface area contributed by atoms with Gasteiger partial charge in [0.15, 0.2) is 11.5 Å². The molecule has 2 fully saturated rings. The molecule has 6 heteroatoms. The first-order valence-corrected chi connectivity index (χ1v) is 9.62. The van der Waals surface area contributed by atoms with E-state index in [0.29, 0.717) is 56.5 Å². The molecule has 0 spiro atoms. The van der Waals surface area contributed by atoms with Crippen LogP contribution in [0, 0.1) is 12.8 Å². The van der Waals surface area contributed by atoms with Crippen LogP contribution in [0.4, 0.5) is 0 Å². The average Bonchev–Trinajstić information content (AvgIpc) is 3.21. The summed E-state index contributed by atoms with van der Waals surface area (Å²) in [6.07, 6.45) is 4.37. The molecule has 1 aliphatic carbocycles. The molecule has 3 aliphatic rings. The summed E-state index contributed by atoms with van der Waals surface area (Å²) < 4.78 is 11.2. The maximum Gasteiger partial charge on any atom is 0.254 e. The Balaban J connectivity index is 1.41. The summed E-state index contributed by atoms with van der Waals surface area (Å²) >= 11 is 0. The highest BCUT2D eigenvalue weighted by Crippen LogP contribution is 2.33. The largest absolute Gasteiger partial charge is 0.486 e. The highest BCUT2D eigenvalue weighted by molar-refractivity contribution is 5.96. The quantitative estimate of drug-likeness (QED) is 0.814. The normalized spacial score (nSPS) is 20.3. The van der Waals surface area contributed by atoms with Crippen LogP contribution in [0.15, 0.2) is 12.1 Å². The number of benzene rings is 1. The molecule has 0 unspecified atom stereocenters. The number of hydrogen-bond acceptors (Lipinski definition) is 4. The molecule has 2 heterocycles. The Hall–Kier alpha value is -2.24. The minimum atomic E-state index is 0.00689. The van der Waals surface area contributed by atoms with Gasteiger partial charge in [-0.2, -0.15) is 0 Å². The number of ether oxygens (including phenoxy) is 2. The van der Waals surface area contributed by atoms with Gasteiger partial charge in [0.2, 0.25) is 5.91 Å². The van der Waals surface area contributed by atoms with Gasteiger partial charge in [0.1, 0.15) is 13.2 Å². The Morgan fingerprint density at radius 2 is 1.50 bits per heavy atom. The summed E-state index contributed by atoms with van der Waals surface area (Å²) in [5, 5.41) is 0. The van der Waals surface area contributed by atoms with Gasteiger partial charge in [-0.15, -0.1) is 0 Å². The van der Waals surface area contributed by atoms with Gasteiger partial charge in [-0.3, -0.25) is 9.59 Å². The van der Waals surface area contributed by atoms with Crippen molar-refractivity contribution < 1.29 is 19.1 Å². The topological polar surface area (TPSA) is 59.1 Å². The zero-order valence-corrected chi connectivity index (χ0v) is 15.3. The second kappa shape index (κ2) is 7.17. The molecule has 0 radical (unpaired) electrons. The molecular weight excluding hydrogens is 332 g/mol. The van der Waals surface area contributed by atoms with E-state index in [0.717, 1.165) is 31.2 Å². The third kappa shape index (κ3) is 3.24. The summed E-state index contributed by atoms with van der Waals surface area (Å²) in [7, 11) is 0. The average molecular weight is 358 g/mol. The number of carbonyl (C=O) groups is 2. The zero-order valence-electron chi connectivity index (χ0n) is 15.3. The predicted molar refractivity (Wildman–Crippen MR) is 96.6 cm³/mol. The van der Waals surface area contributed by atoms with Crippen LogP contribution in [0.25, 0.3) is 0 Å². The van der Waals surface area contributed by atoms with E-state index in [1.165, 1.54) is 0 Å². The minimum Gasteiger partial charge on any atom is -0.486 e. The number of fused-ring (bicyclic) bond motifs is 1. The molecule has 4 rings (SSSR count). The molecule has 0 atom stereocenters. The van der Waals surface area contributed by atoms with E-state index < -0.39 is 0 Å². The molecule has 0 bridgehead atoms. The van der Waals surface area contributed by atoms with Gasteiger partial charge < -0.3 is 19.3 Å². The summed E-state index contributed by atoms with van der Waals surface area (Å²) in [4.78, 5) is 29.3. The maximum absolute atomic E-state index is 13.0. The number of aryl methyl sites for hydroxylation is 1. The van der Waals surface area contributed by atoms with E-state index in [4.69, 9.17) is 9.47 Å². The van der Waals surface area contributed by atoms with Gasteiger partial charge in [-0.05, 0) is 37.5 Å². The lowest BCUT2D eigenvalue weighted by Gasteiger charge is -2.36. The highest BCUT2D eigenvalue weighted by Gasteiger charge is 2.31. The molecule has 0 aromatic heterocycles. The highest BCUT2D eigenvalue weighted by atomic mass is 16.6. The van der Waals surface area contributed by atoms with Gasteiger partial charge >= 0.3 is 0 Å². The van der Waals surface area contributed by atoms with Crippen LogP contribution < -0.4 is 9.47 Å². The zero-order chi connectivity index (χ0) is 18.1. The van der Waals surface area contributed by atoms with Crippen LogP contribution in [-0.2, 0) is 4.79 Å².